The van der Waals surface area contributed by atoms with Gasteiger partial charge in [0.25, 0.3) is 0 Å². The number of nitrogens with zero attached hydrogens (tertiary/aromatic N) is 2. The van der Waals surface area contributed by atoms with Crippen LogP contribution < -0.4 is 9.47 Å². The van der Waals surface area contributed by atoms with E-state index < -0.39 is 0 Å². The lowest BCUT2D eigenvalue weighted by molar-refractivity contribution is 0.0288. The minimum Gasteiger partial charge on any atom is -0.497 e. The van der Waals surface area contributed by atoms with Crippen LogP contribution in [0, 0.1) is 0 Å². The fourth-order valence-corrected chi connectivity index (χ4v) is 3.43. The van der Waals surface area contributed by atoms with Gasteiger partial charge in [-0.15, -0.1) is 0 Å². The summed E-state index contributed by atoms with van der Waals surface area (Å²) < 4.78 is 18.7. The quantitative estimate of drug-likeness (QED) is 0.662. The summed E-state index contributed by atoms with van der Waals surface area (Å²) in [5, 5.41) is 0. The normalized spacial score (nSPS) is 17.2. The molecule has 0 saturated carbocycles. The number of benzene rings is 2. The first-order chi connectivity index (χ1) is 13.3. The number of methoxy groups -OCH3 is 2. The number of rotatable bonds is 6. The predicted molar refractivity (Wildman–Crippen MR) is 104 cm³/mol. The summed E-state index contributed by atoms with van der Waals surface area (Å²) in [7, 11) is 3.37. The molecule has 2 heterocycles. The van der Waals surface area contributed by atoms with Gasteiger partial charge in [-0.3, -0.25) is 4.90 Å². The highest BCUT2D eigenvalue weighted by Crippen LogP contribution is 2.30. The van der Waals surface area contributed by atoms with Crippen molar-refractivity contribution in [2.24, 2.45) is 0 Å². The average Bonchev–Trinajstić information content (AvgIpc) is 3.38. The Kier molecular flexibility index (Phi) is 5.14. The standard InChI is InChI=1S/C22H24N2O3/c1-25-20-8-6-17(7-9-20)15-24-12-13-27-22(24)18-10-11-23(16-18)19-4-3-5-21(14-19)26-2/h3-11,14,16,22H,12-13,15H2,1-2H3/t22-/m1/s1. The summed E-state index contributed by atoms with van der Waals surface area (Å²) in [6.45, 7) is 2.51. The van der Waals surface area contributed by atoms with Crippen LogP contribution >= 0.6 is 0 Å². The Hall–Kier alpha value is -2.76. The van der Waals surface area contributed by atoms with E-state index in [4.69, 9.17) is 14.2 Å². The average molecular weight is 364 g/mol. The van der Waals surface area contributed by atoms with Crippen LogP contribution in [0.1, 0.15) is 17.4 Å². The molecule has 0 unspecified atom stereocenters. The molecule has 1 aliphatic rings. The number of hydrogen-bond acceptors (Lipinski definition) is 4. The van der Waals surface area contributed by atoms with Crippen LogP contribution in [-0.2, 0) is 11.3 Å². The number of aromatic nitrogens is 1. The van der Waals surface area contributed by atoms with E-state index in [0.29, 0.717) is 0 Å². The maximum Gasteiger partial charge on any atom is 0.138 e. The van der Waals surface area contributed by atoms with Gasteiger partial charge in [0, 0.05) is 42.8 Å². The van der Waals surface area contributed by atoms with Gasteiger partial charge in [0.05, 0.1) is 20.8 Å². The van der Waals surface area contributed by atoms with Crippen molar-refractivity contribution in [2.45, 2.75) is 12.8 Å². The van der Waals surface area contributed by atoms with Crippen LogP contribution in [0.5, 0.6) is 11.5 Å². The van der Waals surface area contributed by atoms with E-state index in [2.05, 4.69) is 46.1 Å². The van der Waals surface area contributed by atoms with Crippen LogP contribution in [0.25, 0.3) is 5.69 Å². The van der Waals surface area contributed by atoms with Crippen LogP contribution in [0.3, 0.4) is 0 Å². The van der Waals surface area contributed by atoms with Crippen molar-refractivity contribution in [3.63, 3.8) is 0 Å². The van der Waals surface area contributed by atoms with Gasteiger partial charge in [-0.2, -0.15) is 0 Å². The van der Waals surface area contributed by atoms with E-state index in [0.717, 1.165) is 42.4 Å². The van der Waals surface area contributed by atoms with Crippen molar-refractivity contribution in [1.29, 1.82) is 0 Å². The maximum absolute atomic E-state index is 6.03. The molecule has 5 heteroatoms. The zero-order valence-corrected chi connectivity index (χ0v) is 15.7. The molecule has 1 atom stereocenters. The fraction of sp³-hybridized carbons (Fsp3) is 0.273. The monoisotopic (exact) mass is 364 g/mol. The molecule has 1 saturated heterocycles. The van der Waals surface area contributed by atoms with Gasteiger partial charge < -0.3 is 18.8 Å². The highest BCUT2D eigenvalue weighted by molar-refractivity contribution is 5.40. The van der Waals surface area contributed by atoms with Crippen molar-refractivity contribution >= 4 is 0 Å². The van der Waals surface area contributed by atoms with Crippen molar-refractivity contribution < 1.29 is 14.2 Å². The molecule has 0 bridgehead atoms. The summed E-state index contributed by atoms with van der Waals surface area (Å²) >= 11 is 0. The minimum atomic E-state index is -0.0287. The first-order valence-electron chi connectivity index (χ1n) is 9.08. The van der Waals surface area contributed by atoms with Gasteiger partial charge >= 0.3 is 0 Å². The fourth-order valence-electron chi connectivity index (χ4n) is 3.43. The molecule has 0 N–H and O–H groups in total. The largest absolute Gasteiger partial charge is 0.497 e. The van der Waals surface area contributed by atoms with E-state index >= 15 is 0 Å². The predicted octanol–water partition coefficient (Wildman–Crippen LogP) is 4.03. The van der Waals surface area contributed by atoms with Crippen LogP contribution in [0.15, 0.2) is 67.0 Å². The van der Waals surface area contributed by atoms with Crippen molar-refractivity contribution in [1.82, 2.24) is 9.47 Å². The molecule has 2 aromatic carbocycles. The van der Waals surface area contributed by atoms with Gasteiger partial charge in [0.15, 0.2) is 0 Å². The molecule has 140 valence electrons. The van der Waals surface area contributed by atoms with E-state index in [9.17, 15) is 0 Å². The molecule has 4 rings (SSSR count). The Morgan fingerprint density at radius 3 is 2.59 bits per heavy atom. The van der Waals surface area contributed by atoms with Crippen LogP contribution in [0.2, 0.25) is 0 Å². The molecule has 5 nitrogen and oxygen atoms in total. The minimum absolute atomic E-state index is 0.0287. The summed E-state index contributed by atoms with van der Waals surface area (Å²) in [4.78, 5) is 2.35. The van der Waals surface area contributed by atoms with E-state index in [1.54, 1.807) is 14.2 Å². The molecule has 0 amide bonds. The zero-order valence-electron chi connectivity index (χ0n) is 15.7. The third-order valence-electron chi connectivity index (χ3n) is 4.88. The second-order valence-electron chi connectivity index (χ2n) is 6.60. The van der Waals surface area contributed by atoms with Crippen molar-refractivity contribution in [3.05, 3.63) is 78.1 Å². The number of ether oxygens (including phenoxy) is 3. The first kappa shape index (κ1) is 17.6. The van der Waals surface area contributed by atoms with E-state index in [1.165, 1.54) is 5.56 Å². The van der Waals surface area contributed by atoms with E-state index in [-0.39, 0.29) is 6.23 Å². The molecule has 1 aliphatic heterocycles. The van der Waals surface area contributed by atoms with Gasteiger partial charge in [-0.05, 0) is 35.9 Å². The van der Waals surface area contributed by atoms with Gasteiger partial charge in [0.1, 0.15) is 17.7 Å². The van der Waals surface area contributed by atoms with Crippen molar-refractivity contribution in [2.75, 3.05) is 27.4 Å². The van der Waals surface area contributed by atoms with Gasteiger partial charge in [0.2, 0.25) is 0 Å². The SMILES string of the molecule is COc1ccc(CN2CCO[C@@H]2c2ccn(-c3cccc(OC)c3)c2)cc1. The summed E-state index contributed by atoms with van der Waals surface area (Å²) in [5.74, 6) is 1.73. The second-order valence-corrected chi connectivity index (χ2v) is 6.60. The smallest absolute Gasteiger partial charge is 0.138 e. The third kappa shape index (κ3) is 3.84. The lowest BCUT2D eigenvalue weighted by Crippen LogP contribution is -2.23. The molecule has 27 heavy (non-hydrogen) atoms. The van der Waals surface area contributed by atoms with Crippen molar-refractivity contribution in [3.8, 4) is 17.2 Å². The lowest BCUT2D eigenvalue weighted by Gasteiger charge is -2.22. The zero-order chi connectivity index (χ0) is 18.6. The molecule has 3 aromatic rings. The second kappa shape index (κ2) is 7.86. The summed E-state index contributed by atoms with van der Waals surface area (Å²) in [5.41, 5.74) is 3.47. The molecular weight excluding hydrogens is 340 g/mol. The summed E-state index contributed by atoms with van der Waals surface area (Å²) in [6, 6.07) is 18.4. The first-order valence-corrected chi connectivity index (χ1v) is 9.08. The highest BCUT2D eigenvalue weighted by Gasteiger charge is 2.27. The Labute approximate surface area is 159 Å². The number of hydrogen-bond donors (Lipinski definition) is 0. The maximum atomic E-state index is 6.03. The molecule has 1 aromatic heterocycles. The molecule has 0 spiro atoms. The van der Waals surface area contributed by atoms with Crippen LogP contribution in [-0.4, -0.2) is 36.8 Å². The third-order valence-corrected chi connectivity index (χ3v) is 4.88. The van der Waals surface area contributed by atoms with Gasteiger partial charge in [-0.1, -0.05) is 18.2 Å². The Morgan fingerprint density at radius 2 is 1.81 bits per heavy atom. The molecule has 0 aliphatic carbocycles. The topological polar surface area (TPSA) is 35.9 Å². The highest BCUT2D eigenvalue weighted by atomic mass is 16.5. The Balaban J connectivity index is 1.51. The lowest BCUT2D eigenvalue weighted by atomic mass is 10.2. The Morgan fingerprint density at radius 1 is 1.00 bits per heavy atom. The van der Waals surface area contributed by atoms with Crippen LogP contribution in [0.4, 0.5) is 0 Å². The van der Waals surface area contributed by atoms with Gasteiger partial charge in [-0.25, -0.2) is 0 Å². The van der Waals surface area contributed by atoms with E-state index in [1.807, 2.05) is 30.3 Å². The summed E-state index contributed by atoms with van der Waals surface area (Å²) in [6.07, 6.45) is 4.17. The Bertz CT molecular complexity index is 889. The molecule has 0 radical (unpaired) electrons. The molecule has 1 fully saturated rings. The molecular formula is C22H24N2O3.